The Morgan fingerprint density at radius 2 is 1.70 bits per heavy atom. The van der Waals surface area contributed by atoms with Gasteiger partial charge in [-0.15, -0.1) is 0 Å². The second-order valence-electron chi connectivity index (χ2n) is 6.50. The Kier molecular flexibility index (Phi) is 4.93. The van der Waals surface area contributed by atoms with Gasteiger partial charge < -0.3 is 9.32 Å². The van der Waals surface area contributed by atoms with Crippen LogP contribution >= 0.6 is 11.6 Å². The van der Waals surface area contributed by atoms with Crippen LogP contribution in [0.5, 0.6) is 0 Å². The van der Waals surface area contributed by atoms with Crippen LogP contribution in [0.3, 0.4) is 0 Å². The van der Waals surface area contributed by atoms with Gasteiger partial charge in [-0.25, -0.2) is 8.42 Å². The lowest BCUT2D eigenvalue weighted by Crippen LogP contribution is -2.30. The van der Waals surface area contributed by atoms with E-state index in [4.69, 9.17) is 16.0 Å². The summed E-state index contributed by atoms with van der Waals surface area (Å²) in [6.07, 6.45) is 3.13. The van der Waals surface area contributed by atoms with Crippen molar-refractivity contribution >= 4 is 27.3 Å². The molecule has 1 saturated heterocycles. The van der Waals surface area contributed by atoms with Crippen molar-refractivity contribution in [3.63, 3.8) is 0 Å². The Bertz CT molecular complexity index is 1040. The predicted molar refractivity (Wildman–Crippen MR) is 105 cm³/mol. The third kappa shape index (κ3) is 3.59. The molecule has 0 amide bonds. The highest BCUT2D eigenvalue weighted by molar-refractivity contribution is 7.91. The number of sulfone groups is 1. The third-order valence-electron chi connectivity index (χ3n) is 4.60. The molecule has 3 aromatic rings. The molecule has 27 heavy (non-hydrogen) atoms. The molecule has 0 N–H and O–H groups in total. The molecular weight excluding hydrogens is 384 g/mol. The lowest BCUT2D eigenvalue weighted by atomic mass is 10.1. The molecule has 4 rings (SSSR count). The van der Waals surface area contributed by atoms with Gasteiger partial charge in [0.1, 0.15) is 0 Å². The number of nitrogens with zero attached hydrogens (tertiary/aromatic N) is 2. The minimum absolute atomic E-state index is 0.0365. The van der Waals surface area contributed by atoms with E-state index in [9.17, 15) is 8.42 Å². The lowest BCUT2D eigenvalue weighted by Gasteiger charge is -2.26. The highest BCUT2D eigenvalue weighted by atomic mass is 35.5. The zero-order valence-electron chi connectivity index (χ0n) is 14.6. The van der Waals surface area contributed by atoms with Crippen LogP contribution in [0.1, 0.15) is 19.3 Å². The van der Waals surface area contributed by atoms with Gasteiger partial charge in [-0.05, 0) is 49.6 Å². The quantitative estimate of drug-likeness (QED) is 0.626. The summed E-state index contributed by atoms with van der Waals surface area (Å²) in [7, 11) is -3.80. The van der Waals surface area contributed by atoms with E-state index < -0.39 is 9.84 Å². The highest BCUT2D eigenvalue weighted by Crippen LogP contribution is 2.36. The standard InChI is InChI=1S/C20H19ClN2O3S/c21-16-9-7-8-15(14-16)18-22-19(20(26-18)23-12-5-2-6-13-23)27(24,25)17-10-3-1-4-11-17/h1,3-4,7-11,14H,2,5-6,12-13H2. The molecule has 1 aliphatic heterocycles. The van der Waals surface area contributed by atoms with Crippen LogP contribution in [0.25, 0.3) is 11.5 Å². The number of rotatable bonds is 4. The van der Waals surface area contributed by atoms with Crippen LogP contribution in [0, 0.1) is 0 Å². The van der Waals surface area contributed by atoms with E-state index in [1.54, 1.807) is 54.6 Å². The summed E-state index contributed by atoms with van der Waals surface area (Å²) in [4.78, 5) is 6.57. The van der Waals surface area contributed by atoms with Crippen molar-refractivity contribution in [1.82, 2.24) is 4.98 Å². The fraction of sp³-hybridized carbons (Fsp3) is 0.250. The van der Waals surface area contributed by atoms with Crippen molar-refractivity contribution in [1.29, 1.82) is 0 Å². The van der Waals surface area contributed by atoms with E-state index in [2.05, 4.69) is 4.98 Å². The molecule has 0 radical (unpaired) electrons. The third-order valence-corrected chi connectivity index (χ3v) is 6.51. The summed E-state index contributed by atoms with van der Waals surface area (Å²) >= 11 is 6.08. The molecule has 0 spiro atoms. The van der Waals surface area contributed by atoms with Gasteiger partial charge in [0.15, 0.2) is 0 Å². The molecule has 0 aliphatic carbocycles. The summed E-state index contributed by atoms with van der Waals surface area (Å²) in [5, 5.41) is 0.503. The first-order valence-corrected chi connectivity index (χ1v) is 10.7. The monoisotopic (exact) mass is 402 g/mol. The summed E-state index contributed by atoms with van der Waals surface area (Å²) in [6.45, 7) is 1.50. The van der Waals surface area contributed by atoms with Crippen molar-refractivity contribution in [3.05, 3.63) is 59.6 Å². The number of hydrogen-bond acceptors (Lipinski definition) is 5. The van der Waals surface area contributed by atoms with Gasteiger partial charge in [0, 0.05) is 23.7 Å². The molecular formula is C20H19ClN2O3S. The Hall–Kier alpha value is -2.31. The predicted octanol–water partition coefficient (Wildman–Crippen LogP) is 4.82. The fourth-order valence-electron chi connectivity index (χ4n) is 3.23. The summed E-state index contributed by atoms with van der Waals surface area (Å²) in [6, 6.07) is 15.4. The molecule has 1 aliphatic rings. The van der Waals surface area contributed by atoms with Crippen LogP contribution in [0.2, 0.25) is 5.02 Å². The van der Waals surface area contributed by atoms with E-state index in [1.165, 1.54) is 0 Å². The molecule has 1 aromatic heterocycles. The maximum Gasteiger partial charge on any atom is 0.236 e. The number of benzene rings is 2. The maximum atomic E-state index is 13.2. The van der Waals surface area contributed by atoms with Crippen molar-refractivity contribution < 1.29 is 12.8 Å². The van der Waals surface area contributed by atoms with Gasteiger partial charge in [0.2, 0.25) is 26.6 Å². The number of halogens is 1. The number of piperidine rings is 1. The summed E-state index contributed by atoms with van der Waals surface area (Å²) in [5.74, 6) is 0.570. The topological polar surface area (TPSA) is 63.4 Å². The zero-order chi connectivity index (χ0) is 18.9. The van der Waals surface area contributed by atoms with Crippen molar-refractivity contribution in [2.75, 3.05) is 18.0 Å². The Balaban J connectivity index is 1.86. The highest BCUT2D eigenvalue weighted by Gasteiger charge is 2.31. The average molecular weight is 403 g/mol. The fourth-order valence-corrected chi connectivity index (χ4v) is 4.76. The molecule has 2 heterocycles. The molecule has 0 saturated carbocycles. The first kappa shape index (κ1) is 18.1. The Labute approximate surface area is 163 Å². The second kappa shape index (κ2) is 7.37. The van der Waals surface area contributed by atoms with Crippen LogP contribution in [0.4, 0.5) is 5.88 Å². The van der Waals surface area contributed by atoms with E-state index in [0.29, 0.717) is 16.5 Å². The molecule has 0 bridgehead atoms. The maximum absolute atomic E-state index is 13.2. The first-order chi connectivity index (χ1) is 13.1. The lowest BCUT2D eigenvalue weighted by molar-refractivity contribution is 0.499. The Morgan fingerprint density at radius 1 is 0.963 bits per heavy atom. The largest absolute Gasteiger partial charge is 0.419 e. The number of oxazole rings is 1. The van der Waals surface area contributed by atoms with Gasteiger partial charge in [0.05, 0.1) is 4.90 Å². The summed E-state index contributed by atoms with van der Waals surface area (Å²) < 4.78 is 32.4. The van der Waals surface area contributed by atoms with Crippen molar-refractivity contribution in [2.24, 2.45) is 0 Å². The zero-order valence-corrected chi connectivity index (χ0v) is 16.2. The number of hydrogen-bond donors (Lipinski definition) is 0. The average Bonchev–Trinajstić information content (AvgIpc) is 3.16. The van der Waals surface area contributed by atoms with E-state index in [-0.39, 0.29) is 15.8 Å². The molecule has 5 nitrogen and oxygen atoms in total. The first-order valence-electron chi connectivity index (χ1n) is 8.87. The van der Waals surface area contributed by atoms with Crippen LogP contribution < -0.4 is 4.90 Å². The SMILES string of the molecule is O=S(=O)(c1ccccc1)c1nc(-c2cccc(Cl)c2)oc1N1CCCCC1. The summed E-state index contributed by atoms with van der Waals surface area (Å²) in [5.41, 5.74) is 0.648. The number of anilines is 1. The molecule has 2 aromatic carbocycles. The van der Waals surface area contributed by atoms with Gasteiger partial charge in [-0.3, -0.25) is 0 Å². The second-order valence-corrected chi connectivity index (χ2v) is 8.81. The normalized spacial score (nSPS) is 15.1. The van der Waals surface area contributed by atoms with E-state index in [0.717, 1.165) is 32.4 Å². The van der Waals surface area contributed by atoms with Gasteiger partial charge in [0.25, 0.3) is 0 Å². The molecule has 0 atom stereocenters. The molecule has 140 valence electrons. The van der Waals surface area contributed by atoms with Gasteiger partial charge in [-0.1, -0.05) is 35.9 Å². The van der Waals surface area contributed by atoms with Crippen LogP contribution in [-0.4, -0.2) is 26.5 Å². The minimum Gasteiger partial charge on any atom is -0.419 e. The smallest absolute Gasteiger partial charge is 0.236 e. The molecule has 7 heteroatoms. The van der Waals surface area contributed by atoms with Crippen LogP contribution in [0.15, 0.2) is 68.9 Å². The molecule has 0 unspecified atom stereocenters. The molecule has 1 fully saturated rings. The van der Waals surface area contributed by atoms with Crippen molar-refractivity contribution in [2.45, 2.75) is 29.2 Å². The van der Waals surface area contributed by atoms with E-state index in [1.807, 2.05) is 4.90 Å². The van der Waals surface area contributed by atoms with Crippen LogP contribution in [-0.2, 0) is 9.84 Å². The van der Waals surface area contributed by atoms with Crippen molar-refractivity contribution in [3.8, 4) is 11.5 Å². The Morgan fingerprint density at radius 3 is 2.41 bits per heavy atom. The number of aromatic nitrogens is 1. The van der Waals surface area contributed by atoms with E-state index >= 15 is 0 Å². The van der Waals surface area contributed by atoms with Gasteiger partial charge >= 0.3 is 0 Å². The minimum atomic E-state index is -3.80. The van der Waals surface area contributed by atoms with Gasteiger partial charge in [-0.2, -0.15) is 4.98 Å².